The molecule has 0 aromatic carbocycles. The standard InChI is InChI=1S/C23H28N6O2/c1-16-25-14-18(15-26-16)21(13-22(30)31)29-12-10-20(28-29)7-4-6-19-9-8-17-5-2-3-11-24-23(17)27-19/h2-3,10-12,14-15,19,21,27H,4-9,13H2,1H3,(H,30,31). The lowest BCUT2D eigenvalue weighted by atomic mass is 9.95. The number of hydrogen-bond donors (Lipinski definition) is 2. The topological polar surface area (TPSA) is 105 Å². The van der Waals surface area contributed by atoms with Crippen molar-refractivity contribution in [1.29, 1.82) is 0 Å². The van der Waals surface area contributed by atoms with Crippen molar-refractivity contribution >= 4 is 12.2 Å². The molecule has 2 N–H and O–H groups in total. The van der Waals surface area contributed by atoms with Gasteiger partial charge in [0.25, 0.3) is 0 Å². The Bertz CT molecular complexity index is 1010. The smallest absolute Gasteiger partial charge is 0.305 e. The summed E-state index contributed by atoms with van der Waals surface area (Å²) in [5.41, 5.74) is 3.11. The minimum atomic E-state index is -0.879. The summed E-state index contributed by atoms with van der Waals surface area (Å²) in [7, 11) is 0. The molecule has 162 valence electrons. The molecule has 0 aliphatic carbocycles. The van der Waals surface area contributed by atoms with Crippen molar-refractivity contribution in [2.24, 2.45) is 4.99 Å². The molecular weight excluding hydrogens is 392 g/mol. The first kappa shape index (κ1) is 21.0. The van der Waals surface area contributed by atoms with E-state index in [1.807, 2.05) is 24.6 Å². The minimum Gasteiger partial charge on any atom is -0.481 e. The summed E-state index contributed by atoms with van der Waals surface area (Å²) in [6, 6.07) is 1.99. The molecule has 0 bridgehead atoms. The van der Waals surface area contributed by atoms with Gasteiger partial charge in [0, 0.05) is 36.4 Å². The third-order valence-corrected chi connectivity index (χ3v) is 5.78. The summed E-state index contributed by atoms with van der Waals surface area (Å²) in [4.78, 5) is 24.3. The lowest BCUT2D eigenvalue weighted by molar-refractivity contribution is -0.137. The Balaban J connectivity index is 1.34. The molecule has 2 aliphatic rings. The Kier molecular flexibility index (Phi) is 6.54. The number of carboxylic acids is 1. The van der Waals surface area contributed by atoms with E-state index >= 15 is 0 Å². The van der Waals surface area contributed by atoms with E-state index in [9.17, 15) is 9.90 Å². The van der Waals surface area contributed by atoms with E-state index in [1.54, 1.807) is 24.0 Å². The fourth-order valence-electron chi connectivity index (χ4n) is 4.09. The molecule has 0 radical (unpaired) electrons. The molecule has 31 heavy (non-hydrogen) atoms. The molecule has 0 saturated carbocycles. The summed E-state index contributed by atoms with van der Waals surface area (Å²) < 4.78 is 1.72. The van der Waals surface area contributed by atoms with Gasteiger partial charge in [0.15, 0.2) is 0 Å². The third kappa shape index (κ3) is 5.45. The predicted molar refractivity (Wildman–Crippen MR) is 118 cm³/mol. The van der Waals surface area contributed by atoms with Crippen LogP contribution in [0.3, 0.4) is 0 Å². The molecule has 4 heterocycles. The molecule has 4 rings (SSSR count). The van der Waals surface area contributed by atoms with Crippen molar-refractivity contribution in [3.63, 3.8) is 0 Å². The van der Waals surface area contributed by atoms with Gasteiger partial charge in [-0.2, -0.15) is 5.10 Å². The van der Waals surface area contributed by atoms with Crippen LogP contribution in [0.1, 0.15) is 61.6 Å². The number of allylic oxidation sites excluding steroid dienone is 3. The molecule has 2 aromatic rings. The van der Waals surface area contributed by atoms with Crippen molar-refractivity contribution in [1.82, 2.24) is 25.1 Å². The van der Waals surface area contributed by atoms with Crippen LogP contribution in [0.15, 0.2) is 53.2 Å². The van der Waals surface area contributed by atoms with Crippen molar-refractivity contribution in [2.75, 3.05) is 0 Å². The maximum atomic E-state index is 11.4. The number of carbonyl (C=O) groups is 1. The van der Waals surface area contributed by atoms with Gasteiger partial charge in [0.1, 0.15) is 11.6 Å². The van der Waals surface area contributed by atoms with E-state index < -0.39 is 12.0 Å². The van der Waals surface area contributed by atoms with Crippen molar-refractivity contribution in [2.45, 2.75) is 64.0 Å². The molecule has 8 heteroatoms. The van der Waals surface area contributed by atoms with Gasteiger partial charge in [-0.1, -0.05) is 6.08 Å². The molecular formula is C23H28N6O2. The zero-order valence-electron chi connectivity index (χ0n) is 17.7. The van der Waals surface area contributed by atoms with Gasteiger partial charge in [-0.05, 0) is 63.2 Å². The highest BCUT2D eigenvalue weighted by molar-refractivity contribution is 5.73. The summed E-state index contributed by atoms with van der Waals surface area (Å²) in [6.07, 6.45) is 17.3. The van der Waals surface area contributed by atoms with Crippen molar-refractivity contribution in [3.05, 3.63) is 65.3 Å². The molecule has 2 unspecified atom stereocenters. The molecule has 2 aliphatic heterocycles. The maximum absolute atomic E-state index is 11.4. The highest BCUT2D eigenvalue weighted by Gasteiger charge is 2.21. The predicted octanol–water partition coefficient (Wildman–Crippen LogP) is 3.36. The Labute approximate surface area is 181 Å². The second kappa shape index (κ2) is 9.68. The normalized spacial score (nSPS) is 18.9. The van der Waals surface area contributed by atoms with Gasteiger partial charge in [-0.3, -0.25) is 9.48 Å². The van der Waals surface area contributed by atoms with Gasteiger partial charge < -0.3 is 10.4 Å². The van der Waals surface area contributed by atoms with E-state index in [0.717, 1.165) is 55.6 Å². The SMILES string of the molecule is Cc1ncc(C(CC(=O)O)n2ccc(CCCC3CCC4=C(N=CC=CC4)N3)n2)cn1. The van der Waals surface area contributed by atoms with Crippen LogP contribution < -0.4 is 5.32 Å². The fraction of sp³-hybridized carbons (Fsp3) is 0.435. The fourth-order valence-corrected chi connectivity index (χ4v) is 4.09. The van der Waals surface area contributed by atoms with Crippen LogP contribution >= 0.6 is 0 Å². The molecule has 0 saturated heterocycles. The molecule has 0 spiro atoms. The Morgan fingerprint density at radius 3 is 3.00 bits per heavy atom. The van der Waals surface area contributed by atoms with Gasteiger partial charge in [-0.25, -0.2) is 15.0 Å². The van der Waals surface area contributed by atoms with Crippen LogP contribution in [0, 0.1) is 6.92 Å². The Morgan fingerprint density at radius 1 is 1.35 bits per heavy atom. The number of nitrogens with one attached hydrogen (secondary N) is 1. The second-order valence-corrected chi connectivity index (χ2v) is 8.10. The number of aliphatic imine (C=N–C) groups is 1. The van der Waals surface area contributed by atoms with E-state index in [0.29, 0.717) is 11.9 Å². The zero-order chi connectivity index (χ0) is 21.6. The Morgan fingerprint density at radius 2 is 2.19 bits per heavy atom. The van der Waals surface area contributed by atoms with Crippen LogP contribution in [0.4, 0.5) is 0 Å². The van der Waals surface area contributed by atoms with Gasteiger partial charge >= 0.3 is 5.97 Å². The number of aliphatic carboxylic acids is 1. The van der Waals surface area contributed by atoms with Crippen LogP contribution in [-0.4, -0.2) is 43.1 Å². The average molecular weight is 421 g/mol. The van der Waals surface area contributed by atoms with Crippen LogP contribution in [-0.2, 0) is 11.2 Å². The van der Waals surface area contributed by atoms with E-state index in [-0.39, 0.29) is 6.42 Å². The van der Waals surface area contributed by atoms with Crippen LogP contribution in [0.2, 0.25) is 0 Å². The minimum absolute atomic E-state index is 0.0631. The Hall–Kier alpha value is -3.29. The third-order valence-electron chi connectivity index (χ3n) is 5.78. The van der Waals surface area contributed by atoms with Gasteiger partial charge in [0.05, 0.1) is 18.2 Å². The van der Waals surface area contributed by atoms with Crippen LogP contribution in [0.25, 0.3) is 0 Å². The quantitative estimate of drug-likeness (QED) is 0.678. The van der Waals surface area contributed by atoms with Crippen LogP contribution in [0.5, 0.6) is 0 Å². The maximum Gasteiger partial charge on any atom is 0.305 e. The lowest BCUT2D eigenvalue weighted by Crippen LogP contribution is -2.32. The van der Waals surface area contributed by atoms with Crippen molar-refractivity contribution < 1.29 is 9.90 Å². The number of hydrogen-bond acceptors (Lipinski definition) is 6. The first-order valence-corrected chi connectivity index (χ1v) is 10.8. The number of rotatable bonds is 8. The second-order valence-electron chi connectivity index (χ2n) is 8.10. The number of aromatic nitrogens is 4. The number of aryl methyl sites for hydroxylation is 2. The van der Waals surface area contributed by atoms with E-state index in [2.05, 4.69) is 31.5 Å². The highest BCUT2D eigenvalue weighted by Crippen LogP contribution is 2.26. The number of nitrogens with zero attached hydrogens (tertiary/aromatic N) is 5. The monoisotopic (exact) mass is 420 g/mol. The molecule has 0 fully saturated rings. The van der Waals surface area contributed by atoms with E-state index in [4.69, 9.17) is 0 Å². The van der Waals surface area contributed by atoms with Crippen molar-refractivity contribution in [3.8, 4) is 0 Å². The zero-order valence-corrected chi connectivity index (χ0v) is 17.7. The molecule has 0 amide bonds. The highest BCUT2D eigenvalue weighted by atomic mass is 16.4. The summed E-state index contributed by atoms with van der Waals surface area (Å²) in [5, 5.41) is 17.6. The summed E-state index contributed by atoms with van der Waals surface area (Å²) in [6.45, 7) is 1.81. The molecule has 8 nitrogen and oxygen atoms in total. The van der Waals surface area contributed by atoms with Gasteiger partial charge in [0.2, 0.25) is 0 Å². The summed E-state index contributed by atoms with van der Waals surface area (Å²) >= 11 is 0. The average Bonchev–Trinajstić information content (AvgIpc) is 3.09. The van der Waals surface area contributed by atoms with E-state index in [1.165, 1.54) is 5.57 Å². The summed E-state index contributed by atoms with van der Waals surface area (Å²) in [5.74, 6) is 0.822. The first-order chi connectivity index (χ1) is 15.1. The first-order valence-electron chi connectivity index (χ1n) is 10.8. The lowest BCUT2D eigenvalue weighted by Gasteiger charge is -2.27. The number of carboxylic acid groups (broad SMARTS) is 1. The van der Waals surface area contributed by atoms with Gasteiger partial charge in [-0.15, -0.1) is 0 Å². The molecule has 2 atom stereocenters. The largest absolute Gasteiger partial charge is 0.481 e. The molecule has 2 aromatic heterocycles.